The molecule has 1 aromatic carbocycles. The lowest BCUT2D eigenvalue weighted by Crippen LogP contribution is -2.41. The van der Waals surface area contributed by atoms with Crippen LogP contribution in [0.15, 0.2) is 40.9 Å². The maximum atomic E-state index is 12.3. The number of hydrogen-bond acceptors (Lipinski definition) is 6. The zero-order valence-electron chi connectivity index (χ0n) is 17.4. The van der Waals surface area contributed by atoms with E-state index >= 15 is 0 Å². The van der Waals surface area contributed by atoms with E-state index in [4.69, 9.17) is 9.26 Å². The minimum Gasteiger partial charge on any atom is -0.486 e. The van der Waals surface area contributed by atoms with Crippen molar-refractivity contribution in [1.29, 1.82) is 0 Å². The summed E-state index contributed by atoms with van der Waals surface area (Å²) in [5.41, 5.74) is 0.881. The van der Waals surface area contributed by atoms with Crippen LogP contribution >= 0.6 is 0 Å². The first-order valence-corrected chi connectivity index (χ1v) is 10.4. The van der Waals surface area contributed by atoms with Gasteiger partial charge in [0.15, 0.2) is 5.76 Å². The summed E-state index contributed by atoms with van der Waals surface area (Å²) >= 11 is 0. The Bertz CT molecular complexity index is 808. The van der Waals surface area contributed by atoms with Crippen LogP contribution in [0.4, 0.5) is 0 Å². The number of carbonyl (C=O) groups is 2. The smallest absolute Gasteiger partial charge is 0.220 e. The second kappa shape index (κ2) is 11.3. The van der Waals surface area contributed by atoms with Gasteiger partial charge in [-0.05, 0) is 49.9 Å². The molecule has 0 unspecified atom stereocenters. The molecule has 1 saturated heterocycles. The predicted octanol–water partition coefficient (Wildman–Crippen LogP) is 1.66. The van der Waals surface area contributed by atoms with Crippen molar-refractivity contribution in [3.8, 4) is 5.75 Å². The molecule has 2 heterocycles. The van der Waals surface area contributed by atoms with Crippen molar-refractivity contribution in [3.05, 3.63) is 47.9 Å². The Morgan fingerprint density at radius 1 is 1.20 bits per heavy atom. The van der Waals surface area contributed by atoms with Gasteiger partial charge in [-0.25, -0.2) is 0 Å². The molecule has 3 rings (SSSR count). The summed E-state index contributed by atoms with van der Waals surface area (Å²) in [6, 6.07) is 11.5. The quantitative estimate of drug-likeness (QED) is 0.511. The molecule has 8 nitrogen and oxygen atoms in total. The minimum atomic E-state index is -0.0937. The number of rotatable bonds is 10. The maximum absolute atomic E-state index is 12.3. The van der Waals surface area contributed by atoms with Crippen molar-refractivity contribution in [1.82, 2.24) is 21.1 Å². The Kier molecular flexibility index (Phi) is 8.26. The number of ether oxygens (including phenoxy) is 1. The molecule has 30 heavy (non-hydrogen) atoms. The lowest BCUT2D eigenvalue weighted by atomic mass is 9.81. The molecular formula is C22H30N4O4. The number of piperidine rings is 1. The van der Waals surface area contributed by atoms with Crippen molar-refractivity contribution < 1.29 is 18.8 Å². The van der Waals surface area contributed by atoms with Crippen LogP contribution in [0.3, 0.4) is 0 Å². The predicted molar refractivity (Wildman–Crippen MR) is 112 cm³/mol. The molecule has 0 spiro atoms. The summed E-state index contributed by atoms with van der Waals surface area (Å²) in [7, 11) is 0. The molecule has 8 heteroatoms. The first-order valence-electron chi connectivity index (χ1n) is 10.4. The molecule has 1 aliphatic rings. The Balaban J connectivity index is 1.46. The molecule has 2 amide bonds. The molecule has 162 valence electrons. The lowest BCUT2D eigenvalue weighted by molar-refractivity contribution is -0.123. The van der Waals surface area contributed by atoms with Gasteiger partial charge in [-0.1, -0.05) is 23.4 Å². The molecule has 1 fully saturated rings. The van der Waals surface area contributed by atoms with Crippen LogP contribution in [0.1, 0.15) is 31.2 Å². The zero-order chi connectivity index (χ0) is 21.2. The summed E-state index contributed by atoms with van der Waals surface area (Å²) in [5.74, 6) is 2.00. The summed E-state index contributed by atoms with van der Waals surface area (Å²) in [4.78, 5) is 23.2. The van der Waals surface area contributed by atoms with E-state index in [1.165, 1.54) is 6.92 Å². The Hall–Kier alpha value is -2.87. The fourth-order valence-electron chi connectivity index (χ4n) is 3.70. The third-order valence-corrected chi connectivity index (χ3v) is 5.24. The molecule has 1 aliphatic heterocycles. The monoisotopic (exact) mass is 414 g/mol. The number of nitrogens with zero attached hydrogens (tertiary/aromatic N) is 1. The average Bonchev–Trinajstić information content (AvgIpc) is 3.19. The van der Waals surface area contributed by atoms with Crippen molar-refractivity contribution in [2.45, 2.75) is 32.8 Å². The third kappa shape index (κ3) is 7.18. The Morgan fingerprint density at radius 2 is 2.00 bits per heavy atom. The van der Waals surface area contributed by atoms with Crippen LogP contribution in [0.25, 0.3) is 0 Å². The number of amides is 2. The SMILES string of the molecule is CC(=O)NCCNC(=O)C[C@@H]1CCNC[C@@H]1Cc1cc(COc2ccccc2)on1. The van der Waals surface area contributed by atoms with E-state index in [0.717, 1.165) is 37.4 Å². The normalized spacial score (nSPS) is 18.6. The first-order chi connectivity index (χ1) is 14.6. The van der Waals surface area contributed by atoms with Gasteiger partial charge in [0.1, 0.15) is 12.4 Å². The van der Waals surface area contributed by atoms with E-state index in [1.54, 1.807) is 0 Å². The Labute approximate surface area is 176 Å². The number of carbonyl (C=O) groups excluding carboxylic acids is 2. The summed E-state index contributed by atoms with van der Waals surface area (Å²) in [5, 5.41) is 13.2. The van der Waals surface area contributed by atoms with Crippen LogP contribution in [0.2, 0.25) is 0 Å². The van der Waals surface area contributed by atoms with Gasteiger partial charge < -0.3 is 25.2 Å². The molecular weight excluding hydrogens is 384 g/mol. The average molecular weight is 415 g/mol. The van der Waals surface area contributed by atoms with Crippen molar-refractivity contribution in [2.24, 2.45) is 11.8 Å². The lowest BCUT2D eigenvalue weighted by Gasteiger charge is -2.31. The summed E-state index contributed by atoms with van der Waals surface area (Å²) in [6.07, 6.45) is 2.19. The van der Waals surface area contributed by atoms with Crippen LogP contribution in [0.5, 0.6) is 5.75 Å². The van der Waals surface area contributed by atoms with E-state index < -0.39 is 0 Å². The van der Waals surface area contributed by atoms with Crippen molar-refractivity contribution >= 4 is 11.8 Å². The van der Waals surface area contributed by atoms with Gasteiger partial charge in [0.2, 0.25) is 11.8 Å². The summed E-state index contributed by atoms with van der Waals surface area (Å²) < 4.78 is 11.1. The highest BCUT2D eigenvalue weighted by Crippen LogP contribution is 2.26. The number of nitrogens with one attached hydrogen (secondary N) is 3. The van der Waals surface area contributed by atoms with Crippen LogP contribution < -0.4 is 20.7 Å². The maximum Gasteiger partial charge on any atom is 0.220 e. The van der Waals surface area contributed by atoms with E-state index in [1.807, 2.05) is 36.4 Å². The molecule has 3 N–H and O–H groups in total. The van der Waals surface area contributed by atoms with E-state index in [2.05, 4.69) is 21.1 Å². The van der Waals surface area contributed by atoms with E-state index in [9.17, 15) is 9.59 Å². The van der Waals surface area contributed by atoms with Gasteiger partial charge in [-0.15, -0.1) is 0 Å². The van der Waals surface area contributed by atoms with Gasteiger partial charge in [0.05, 0.1) is 5.69 Å². The highest BCUT2D eigenvalue weighted by Gasteiger charge is 2.28. The van der Waals surface area contributed by atoms with Crippen LogP contribution in [0, 0.1) is 11.8 Å². The molecule has 0 aliphatic carbocycles. The largest absolute Gasteiger partial charge is 0.486 e. The van der Waals surface area contributed by atoms with Crippen LogP contribution in [-0.2, 0) is 22.6 Å². The third-order valence-electron chi connectivity index (χ3n) is 5.24. The van der Waals surface area contributed by atoms with Crippen molar-refractivity contribution in [2.75, 3.05) is 26.2 Å². The van der Waals surface area contributed by atoms with Crippen molar-refractivity contribution in [3.63, 3.8) is 0 Å². The number of hydrogen-bond donors (Lipinski definition) is 3. The minimum absolute atomic E-state index is 0.0226. The molecule has 0 saturated carbocycles. The zero-order valence-corrected chi connectivity index (χ0v) is 17.4. The van der Waals surface area contributed by atoms with Crippen LogP contribution in [-0.4, -0.2) is 43.2 Å². The van der Waals surface area contributed by atoms with Gasteiger partial charge >= 0.3 is 0 Å². The van der Waals surface area contributed by atoms with E-state index in [-0.39, 0.29) is 17.7 Å². The van der Waals surface area contributed by atoms with Gasteiger partial charge in [0, 0.05) is 32.5 Å². The molecule has 1 aromatic heterocycles. The van der Waals surface area contributed by atoms with Gasteiger partial charge in [0.25, 0.3) is 0 Å². The van der Waals surface area contributed by atoms with E-state index in [0.29, 0.717) is 37.8 Å². The molecule has 0 radical (unpaired) electrons. The number of para-hydroxylation sites is 1. The fourth-order valence-corrected chi connectivity index (χ4v) is 3.70. The molecule has 0 bridgehead atoms. The number of aromatic nitrogens is 1. The topological polar surface area (TPSA) is 105 Å². The second-order valence-electron chi connectivity index (χ2n) is 7.64. The Morgan fingerprint density at radius 3 is 2.80 bits per heavy atom. The highest BCUT2D eigenvalue weighted by atomic mass is 16.5. The van der Waals surface area contributed by atoms with Gasteiger partial charge in [-0.2, -0.15) is 0 Å². The highest BCUT2D eigenvalue weighted by molar-refractivity contribution is 5.76. The number of benzene rings is 1. The summed E-state index contributed by atoms with van der Waals surface area (Å²) in [6.45, 7) is 4.46. The standard InChI is InChI=1S/C22H30N4O4/c1-16(27)24-9-10-25-22(28)12-17-7-8-23-14-18(17)11-19-13-21(30-26-19)15-29-20-5-3-2-4-6-20/h2-6,13,17-18,23H,7-12,14-15H2,1H3,(H,24,27)(H,25,28)/t17-,18-/m0/s1. The first kappa shape index (κ1) is 21.8. The van der Waals surface area contributed by atoms with Gasteiger partial charge in [-0.3, -0.25) is 9.59 Å². The fraction of sp³-hybridized carbons (Fsp3) is 0.500. The molecule has 2 atom stereocenters. The second-order valence-corrected chi connectivity index (χ2v) is 7.64. The molecule has 2 aromatic rings.